The van der Waals surface area contributed by atoms with Gasteiger partial charge in [0.1, 0.15) is 17.7 Å². The number of hydrogen-bond donors (Lipinski definition) is 2. The number of aromatic nitrogens is 1. The first kappa shape index (κ1) is 46.0. The number of alkyl halides is 3. The summed E-state index contributed by atoms with van der Waals surface area (Å²) in [4.78, 5) is 58.7. The lowest BCUT2D eigenvalue weighted by atomic mass is 9.83. The van der Waals surface area contributed by atoms with Crippen molar-refractivity contribution in [3.05, 3.63) is 83.7 Å². The number of thioether (sulfide) groups is 1. The van der Waals surface area contributed by atoms with Crippen LogP contribution in [0.15, 0.2) is 60.8 Å². The van der Waals surface area contributed by atoms with E-state index in [0.717, 1.165) is 41.6 Å². The van der Waals surface area contributed by atoms with Crippen LogP contribution in [-0.2, 0) is 35.4 Å². The molecule has 2 amide bonds. The molecule has 0 spiro atoms. The van der Waals surface area contributed by atoms with Gasteiger partial charge in [0, 0.05) is 56.5 Å². The molecule has 11 nitrogen and oxygen atoms in total. The number of ether oxygens (including phenoxy) is 1. The van der Waals surface area contributed by atoms with E-state index in [2.05, 4.69) is 34.7 Å². The number of nitrogens with two attached hydrogens (primary N) is 1. The maximum Gasteiger partial charge on any atom is 0.495 e. The molecule has 1 heterocycles. The third kappa shape index (κ3) is 14.6. The zero-order chi connectivity index (χ0) is 41.8. The standard InChI is InChI=1S/C38H49F5N4O7SSi/c1-37(2,3)33(31-19-26(28-20-27(39)13-14-29(28)40)22-46(31)21-25-11-8-7-9-12-25)47(16-10-15-45-36(51)52-17-18-56(4,5)6)32(48)24-55-23-30(44)34(49)53-54-35(50)38(41,42)43/h7-9,11-14,19-20,22,30,33H,10,15-18,21,23-24,44H2,1-6H3,(H,45,51)/t30?,33-/m0/s1. The Morgan fingerprint density at radius 1 is 0.982 bits per heavy atom. The van der Waals surface area contributed by atoms with Crippen LogP contribution in [0.1, 0.15) is 44.5 Å². The van der Waals surface area contributed by atoms with Gasteiger partial charge < -0.3 is 25.3 Å². The highest BCUT2D eigenvalue weighted by molar-refractivity contribution is 8.00. The molecular weight excluding hydrogens is 780 g/mol. The Morgan fingerprint density at radius 3 is 2.29 bits per heavy atom. The lowest BCUT2D eigenvalue weighted by Crippen LogP contribution is -2.44. The number of carbonyl (C=O) groups excluding carboxylic acids is 4. The lowest BCUT2D eigenvalue weighted by Gasteiger charge is -2.41. The SMILES string of the molecule is CC(C)(C)[C@H](c1cc(-c2cc(F)ccc2F)cn1Cc1ccccc1)N(CCCNC(=O)OCC[Si](C)(C)C)C(=O)CSCC(N)C(=O)OOC(=O)C(F)(F)F. The fourth-order valence-electron chi connectivity index (χ4n) is 5.56. The Kier molecular flexibility index (Phi) is 16.5. The number of halogens is 5. The van der Waals surface area contributed by atoms with Gasteiger partial charge in [-0.2, -0.15) is 13.2 Å². The molecule has 56 heavy (non-hydrogen) atoms. The van der Waals surface area contributed by atoms with E-state index in [9.17, 15) is 36.7 Å². The first-order valence-electron chi connectivity index (χ1n) is 17.8. The maximum atomic E-state index is 15.1. The second kappa shape index (κ2) is 20.1. The molecule has 0 saturated carbocycles. The molecule has 0 radical (unpaired) electrons. The van der Waals surface area contributed by atoms with Gasteiger partial charge in [-0.3, -0.25) is 4.79 Å². The molecule has 2 atom stereocenters. The molecule has 0 saturated heterocycles. The van der Waals surface area contributed by atoms with Crippen LogP contribution in [0.2, 0.25) is 25.7 Å². The van der Waals surface area contributed by atoms with Gasteiger partial charge in [-0.15, -0.1) is 11.8 Å². The third-order valence-electron chi connectivity index (χ3n) is 8.28. The molecular formula is C38H49F5N4O7SSi. The highest BCUT2D eigenvalue weighted by atomic mass is 32.2. The van der Waals surface area contributed by atoms with E-state index in [4.69, 9.17) is 10.5 Å². The highest BCUT2D eigenvalue weighted by Gasteiger charge is 2.43. The van der Waals surface area contributed by atoms with Crippen LogP contribution < -0.4 is 11.1 Å². The summed E-state index contributed by atoms with van der Waals surface area (Å²) in [6.07, 6.45) is -4.00. The summed E-state index contributed by atoms with van der Waals surface area (Å²) < 4.78 is 74.0. The topological polar surface area (TPSA) is 142 Å². The zero-order valence-corrected chi connectivity index (χ0v) is 34.0. The smallest absolute Gasteiger partial charge is 0.450 e. The summed E-state index contributed by atoms with van der Waals surface area (Å²) in [6.45, 7) is 13.1. The number of nitrogens with zero attached hydrogens (tertiary/aromatic N) is 2. The molecule has 3 rings (SSSR count). The quantitative estimate of drug-likeness (QED) is 0.0466. The van der Waals surface area contributed by atoms with Gasteiger partial charge in [0.25, 0.3) is 0 Å². The Hall–Kier alpha value is -4.42. The summed E-state index contributed by atoms with van der Waals surface area (Å²) in [7, 11) is -1.44. The van der Waals surface area contributed by atoms with Crippen LogP contribution in [0.4, 0.5) is 26.7 Å². The van der Waals surface area contributed by atoms with Crippen molar-refractivity contribution in [1.82, 2.24) is 14.8 Å². The Labute approximate surface area is 328 Å². The maximum absolute atomic E-state index is 15.1. The monoisotopic (exact) mass is 828 g/mol. The van der Waals surface area contributed by atoms with Crippen molar-refractivity contribution in [2.24, 2.45) is 11.1 Å². The average molecular weight is 829 g/mol. The number of alkyl carbamates (subject to hydrolysis) is 1. The van der Waals surface area contributed by atoms with Crippen molar-refractivity contribution in [2.45, 2.75) is 77.7 Å². The van der Waals surface area contributed by atoms with Gasteiger partial charge >= 0.3 is 24.2 Å². The van der Waals surface area contributed by atoms with Crippen molar-refractivity contribution in [1.29, 1.82) is 0 Å². The fraction of sp³-hybridized carbons (Fsp3) is 0.474. The van der Waals surface area contributed by atoms with Crippen molar-refractivity contribution >= 4 is 43.8 Å². The molecule has 3 N–H and O–H groups in total. The molecule has 2 aromatic carbocycles. The van der Waals surface area contributed by atoms with E-state index in [1.807, 2.05) is 55.7 Å². The van der Waals surface area contributed by atoms with E-state index >= 15 is 4.39 Å². The molecule has 18 heteroatoms. The van der Waals surface area contributed by atoms with Crippen LogP contribution in [0, 0.1) is 17.0 Å². The van der Waals surface area contributed by atoms with E-state index in [1.54, 1.807) is 17.2 Å². The van der Waals surface area contributed by atoms with E-state index in [0.29, 0.717) is 17.8 Å². The fourth-order valence-corrected chi connectivity index (χ4v) is 7.13. The highest BCUT2D eigenvalue weighted by Crippen LogP contribution is 2.41. The lowest BCUT2D eigenvalue weighted by molar-refractivity contribution is -0.286. The molecule has 0 aliphatic carbocycles. The van der Waals surface area contributed by atoms with Gasteiger partial charge in [-0.05, 0) is 47.7 Å². The number of hydrogen-bond acceptors (Lipinski definition) is 9. The van der Waals surface area contributed by atoms with Gasteiger partial charge in [0.15, 0.2) is 0 Å². The zero-order valence-electron chi connectivity index (χ0n) is 32.2. The summed E-state index contributed by atoms with van der Waals surface area (Å²) in [5.74, 6) is -6.44. The van der Waals surface area contributed by atoms with Crippen LogP contribution >= 0.6 is 11.8 Å². The minimum absolute atomic E-state index is 0.0257. The molecule has 0 aliphatic heterocycles. The summed E-state index contributed by atoms with van der Waals surface area (Å²) in [5.41, 5.74) is 6.97. The molecule has 0 bridgehead atoms. The first-order valence-corrected chi connectivity index (χ1v) is 22.7. The van der Waals surface area contributed by atoms with Gasteiger partial charge in [-0.25, -0.2) is 32.9 Å². The van der Waals surface area contributed by atoms with Gasteiger partial charge in [0.2, 0.25) is 5.91 Å². The molecule has 3 aromatic rings. The number of amides is 2. The first-order chi connectivity index (χ1) is 26.1. The van der Waals surface area contributed by atoms with Crippen LogP contribution in [0.25, 0.3) is 11.1 Å². The number of nitrogens with one attached hydrogen (secondary N) is 1. The average Bonchev–Trinajstić information content (AvgIpc) is 3.50. The number of carbonyl (C=O) groups is 4. The second-order valence-corrected chi connectivity index (χ2v) is 22.0. The van der Waals surface area contributed by atoms with E-state index < -0.39 is 67.3 Å². The van der Waals surface area contributed by atoms with Crippen LogP contribution in [0.5, 0.6) is 0 Å². The predicted molar refractivity (Wildman–Crippen MR) is 205 cm³/mol. The Balaban J connectivity index is 1.93. The van der Waals surface area contributed by atoms with Crippen molar-refractivity contribution in [3.8, 4) is 11.1 Å². The minimum atomic E-state index is -5.39. The Morgan fingerprint density at radius 2 is 1.66 bits per heavy atom. The normalized spacial score (nSPS) is 13.1. The summed E-state index contributed by atoms with van der Waals surface area (Å²) in [5, 5.41) is 2.72. The van der Waals surface area contributed by atoms with Crippen molar-refractivity contribution in [2.75, 3.05) is 31.2 Å². The summed E-state index contributed by atoms with van der Waals surface area (Å²) in [6, 6.07) is 12.8. The van der Waals surface area contributed by atoms with E-state index in [1.165, 1.54) is 0 Å². The van der Waals surface area contributed by atoms with Crippen molar-refractivity contribution < 1.29 is 55.6 Å². The van der Waals surface area contributed by atoms with E-state index in [-0.39, 0.29) is 43.2 Å². The molecule has 1 unspecified atom stereocenters. The third-order valence-corrected chi connectivity index (χ3v) is 11.0. The molecule has 1 aromatic heterocycles. The Bertz CT molecular complexity index is 1800. The predicted octanol–water partition coefficient (Wildman–Crippen LogP) is 7.48. The molecule has 0 aliphatic rings. The van der Waals surface area contributed by atoms with Gasteiger partial charge in [-0.1, -0.05) is 70.7 Å². The minimum Gasteiger partial charge on any atom is -0.450 e. The van der Waals surface area contributed by atoms with Crippen LogP contribution in [0.3, 0.4) is 0 Å². The largest absolute Gasteiger partial charge is 0.495 e. The van der Waals surface area contributed by atoms with Gasteiger partial charge in [0.05, 0.1) is 18.4 Å². The molecule has 308 valence electrons. The second-order valence-electron chi connectivity index (χ2n) is 15.4. The van der Waals surface area contributed by atoms with Crippen LogP contribution in [-0.4, -0.2) is 84.9 Å². The number of benzene rings is 2. The summed E-state index contributed by atoms with van der Waals surface area (Å²) >= 11 is 0.892. The van der Waals surface area contributed by atoms with Crippen molar-refractivity contribution in [3.63, 3.8) is 0 Å². The molecule has 0 fully saturated rings. The number of rotatable bonds is 17.